The third kappa shape index (κ3) is 3.96. The Morgan fingerprint density at radius 2 is 2.00 bits per heavy atom. The predicted molar refractivity (Wildman–Crippen MR) is 102 cm³/mol. The number of ether oxygens (including phenoxy) is 3. The Balaban J connectivity index is 1.57. The average Bonchev–Trinajstić information content (AvgIpc) is 2.71. The fraction of sp³-hybridized carbons (Fsp3) is 0.318. The number of carbonyl (C=O) groups is 1. The molecule has 2 aromatic rings. The van der Waals surface area contributed by atoms with Crippen LogP contribution in [0.1, 0.15) is 17.5 Å². The minimum absolute atomic E-state index is 0.00301. The van der Waals surface area contributed by atoms with Gasteiger partial charge in [0.2, 0.25) is 0 Å². The molecule has 29 heavy (non-hydrogen) atoms. The molecule has 2 bridgehead atoms. The van der Waals surface area contributed by atoms with Gasteiger partial charge >= 0.3 is 6.09 Å². The fourth-order valence-corrected chi connectivity index (χ4v) is 3.88. The van der Waals surface area contributed by atoms with Crippen LogP contribution in [-0.2, 0) is 16.1 Å². The molecule has 0 saturated carbocycles. The molecular weight excluding hydrogens is 380 g/mol. The van der Waals surface area contributed by atoms with Crippen LogP contribution in [0.2, 0.25) is 0 Å². The summed E-state index contributed by atoms with van der Waals surface area (Å²) in [4.78, 5) is 14.4. The number of amides is 1. The smallest absolute Gasteiger partial charge is 0.411 e. The lowest BCUT2D eigenvalue weighted by molar-refractivity contribution is -0.0342. The van der Waals surface area contributed by atoms with Gasteiger partial charge in [0.15, 0.2) is 11.6 Å². The van der Waals surface area contributed by atoms with E-state index in [-0.39, 0.29) is 24.4 Å². The van der Waals surface area contributed by atoms with Crippen molar-refractivity contribution < 1.29 is 27.8 Å². The fourth-order valence-electron chi connectivity index (χ4n) is 3.88. The second kappa shape index (κ2) is 8.21. The van der Waals surface area contributed by atoms with Gasteiger partial charge in [0, 0.05) is 11.6 Å². The molecule has 0 radical (unpaired) electrons. The largest absolute Gasteiger partial charge is 0.493 e. The van der Waals surface area contributed by atoms with Crippen LogP contribution < -0.4 is 4.74 Å². The number of methoxy groups -OCH3 is 1. The second-order valence-electron chi connectivity index (χ2n) is 7.07. The van der Waals surface area contributed by atoms with E-state index in [1.807, 2.05) is 30.3 Å². The van der Waals surface area contributed by atoms with Crippen LogP contribution in [0, 0.1) is 11.6 Å². The molecule has 0 spiro atoms. The van der Waals surface area contributed by atoms with Gasteiger partial charge in [-0.2, -0.15) is 0 Å². The Labute approximate surface area is 167 Å². The van der Waals surface area contributed by atoms with Crippen molar-refractivity contribution in [2.75, 3.05) is 20.3 Å². The van der Waals surface area contributed by atoms with Crippen LogP contribution >= 0.6 is 0 Å². The normalized spacial score (nSPS) is 20.8. The molecule has 5 nitrogen and oxygen atoms in total. The molecule has 4 rings (SSSR count). The van der Waals surface area contributed by atoms with E-state index in [1.165, 1.54) is 13.2 Å². The van der Waals surface area contributed by atoms with Gasteiger partial charge in [-0.15, -0.1) is 0 Å². The summed E-state index contributed by atoms with van der Waals surface area (Å²) in [6.45, 7) is 0.797. The molecule has 2 heterocycles. The van der Waals surface area contributed by atoms with E-state index >= 15 is 0 Å². The lowest BCUT2D eigenvalue weighted by Gasteiger charge is -2.43. The van der Waals surface area contributed by atoms with Gasteiger partial charge in [-0.05, 0) is 23.6 Å². The maximum Gasteiger partial charge on any atom is 0.411 e. The van der Waals surface area contributed by atoms with Crippen LogP contribution in [0.25, 0.3) is 5.57 Å². The summed E-state index contributed by atoms with van der Waals surface area (Å²) in [5.74, 6) is -1.43. The molecule has 1 fully saturated rings. The number of fused-ring (bicyclic) bond motifs is 2. The van der Waals surface area contributed by atoms with Crippen molar-refractivity contribution in [3.8, 4) is 5.75 Å². The number of rotatable bonds is 4. The maximum atomic E-state index is 14.1. The number of morpholine rings is 1. The summed E-state index contributed by atoms with van der Waals surface area (Å²) in [6.07, 6.45) is 1.76. The number of halogens is 2. The lowest BCUT2D eigenvalue weighted by atomic mass is 9.89. The van der Waals surface area contributed by atoms with E-state index < -0.39 is 17.7 Å². The average molecular weight is 401 g/mol. The first-order chi connectivity index (χ1) is 14.1. The summed E-state index contributed by atoms with van der Waals surface area (Å²) in [7, 11) is 1.35. The van der Waals surface area contributed by atoms with Gasteiger partial charge in [0.25, 0.3) is 0 Å². The van der Waals surface area contributed by atoms with Crippen molar-refractivity contribution in [2.45, 2.75) is 25.1 Å². The Bertz CT molecular complexity index is 932. The van der Waals surface area contributed by atoms with Gasteiger partial charge in [0.1, 0.15) is 12.4 Å². The maximum absolute atomic E-state index is 14.1. The molecule has 2 aliphatic heterocycles. The summed E-state index contributed by atoms with van der Waals surface area (Å²) >= 11 is 0. The van der Waals surface area contributed by atoms with Crippen LogP contribution in [0.15, 0.2) is 48.5 Å². The van der Waals surface area contributed by atoms with E-state index in [1.54, 1.807) is 11.0 Å². The zero-order chi connectivity index (χ0) is 20.4. The highest BCUT2D eigenvalue weighted by Crippen LogP contribution is 2.38. The zero-order valence-electron chi connectivity index (χ0n) is 15.9. The first kappa shape index (κ1) is 19.4. The second-order valence-corrected chi connectivity index (χ2v) is 7.07. The third-order valence-corrected chi connectivity index (χ3v) is 5.17. The quantitative estimate of drug-likeness (QED) is 0.772. The molecule has 1 amide bonds. The van der Waals surface area contributed by atoms with E-state index in [0.29, 0.717) is 25.2 Å². The molecule has 7 heteroatoms. The Hall–Kier alpha value is -2.93. The molecule has 1 saturated heterocycles. The van der Waals surface area contributed by atoms with Crippen LogP contribution in [0.4, 0.5) is 13.6 Å². The predicted octanol–water partition coefficient (Wildman–Crippen LogP) is 4.17. The molecule has 0 aliphatic carbocycles. The standard InChI is InChI=1S/C22H21F2NO4/c1-27-21-19(9-16(23)10-20(21)24)15-7-17-12-28-13-18(8-15)25(17)22(26)29-11-14-5-3-2-4-6-14/h2-7,9-10,17-18H,8,11-13H2,1H3. The monoisotopic (exact) mass is 401 g/mol. The SMILES string of the molecule is COc1c(F)cc(F)cc1C1=CC2COCC(C1)N2C(=O)OCc1ccccc1. The number of hydrogen-bond acceptors (Lipinski definition) is 4. The van der Waals surface area contributed by atoms with Crippen LogP contribution in [-0.4, -0.2) is 43.4 Å². The van der Waals surface area contributed by atoms with Crippen molar-refractivity contribution in [1.82, 2.24) is 4.90 Å². The van der Waals surface area contributed by atoms with Crippen molar-refractivity contribution >= 4 is 11.7 Å². The molecule has 0 aromatic heterocycles. The summed E-state index contributed by atoms with van der Waals surface area (Å²) < 4.78 is 44.2. The van der Waals surface area contributed by atoms with E-state index in [2.05, 4.69) is 0 Å². The van der Waals surface area contributed by atoms with Crippen molar-refractivity contribution in [1.29, 1.82) is 0 Å². The highest BCUT2D eigenvalue weighted by Gasteiger charge is 2.39. The van der Waals surface area contributed by atoms with E-state index in [0.717, 1.165) is 17.2 Å². The summed E-state index contributed by atoms with van der Waals surface area (Å²) in [5, 5.41) is 0. The molecule has 2 atom stereocenters. The molecule has 0 N–H and O–H groups in total. The van der Waals surface area contributed by atoms with Gasteiger partial charge in [0.05, 0.1) is 32.4 Å². The van der Waals surface area contributed by atoms with Gasteiger partial charge in [-0.1, -0.05) is 36.4 Å². The highest BCUT2D eigenvalue weighted by molar-refractivity contribution is 5.76. The van der Waals surface area contributed by atoms with Gasteiger partial charge in [-0.3, -0.25) is 4.90 Å². The summed E-state index contributed by atoms with van der Waals surface area (Å²) in [5.41, 5.74) is 1.99. The lowest BCUT2D eigenvalue weighted by Crippen LogP contribution is -2.56. The Kier molecular flexibility index (Phi) is 5.49. The van der Waals surface area contributed by atoms with Crippen molar-refractivity contribution in [3.63, 3.8) is 0 Å². The van der Waals surface area contributed by atoms with E-state index in [4.69, 9.17) is 14.2 Å². The topological polar surface area (TPSA) is 48.0 Å². The molecule has 2 aliphatic rings. The minimum Gasteiger partial charge on any atom is -0.493 e. The highest BCUT2D eigenvalue weighted by atomic mass is 19.1. The molecule has 2 unspecified atom stereocenters. The van der Waals surface area contributed by atoms with Crippen LogP contribution in [0.3, 0.4) is 0 Å². The van der Waals surface area contributed by atoms with Gasteiger partial charge < -0.3 is 14.2 Å². The minimum atomic E-state index is -0.755. The Morgan fingerprint density at radius 3 is 2.72 bits per heavy atom. The van der Waals surface area contributed by atoms with Gasteiger partial charge in [-0.25, -0.2) is 13.6 Å². The number of hydrogen-bond donors (Lipinski definition) is 0. The first-order valence-corrected chi connectivity index (χ1v) is 9.37. The Morgan fingerprint density at radius 1 is 1.21 bits per heavy atom. The number of nitrogens with zero attached hydrogens (tertiary/aromatic N) is 1. The first-order valence-electron chi connectivity index (χ1n) is 9.37. The van der Waals surface area contributed by atoms with Crippen molar-refractivity contribution in [3.05, 3.63) is 71.3 Å². The van der Waals surface area contributed by atoms with Crippen molar-refractivity contribution in [2.24, 2.45) is 0 Å². The molecule has 152 valence electrons. The molecule has 2 aromatic carbocycles. The third-order valence-electron chi connectivity index (χ3n) is 5.17. The number of benzene rings is 2. The van der Waals surface area contributed by atoms with E-state index in [9.17, 15) is 13.6 Å². The molecular formula is C22H21F2NO4. The summed E-state index contributed by atoms with van der Waals surface area (Å²) in [6, 6.07) is 10.8. The van der Waals surface area contributed by atoms with Crippen LogP contribution in [0.5, 0.6) is 5.75 Å². The number of carbonyl (C=O) groups excluding carboxylic acids is 1. The zero-order valence-corrected chi connectivity index (χ0v) is 15.9.